The predicted octanol–water partition coefficient (Wildman–Crippen LogP) is 3.10. The summed E-state index contributed by atoms with van der Waals surface area (Å²) < 4.78 is 13.6. The van der Waals surface area contributed by atoms with Gasteiger partial charge in [-0.25, -0.2) is 4.39 Å². The molecule has 1 amide bonds. The fourth-order valence-electron chi connectivity index (χ4n) is 1.59. The molecule has 3 nitrogen and oxygen atoms in total. The summed E-state index contributed by atoms with van der Waals surface area (Å²) in [7, 11) is 0. The van der Waals surface area contributed by atoms with Gasteiger partial charge in [0.05, 0.1) is 22.6 Å². The third kappa shape index (κ3) is 3.21. The van der Waals surface area contributed by atoms with Gasteiger partial charge in [0, 0.05) is 13.1 Å². The van der Waals surface area contributed by atoms with E-state index in [-0.39, 0.29) is 23.0 Å². The lowest BCUT2D eigenvalue weighted by Crippen LogP contribution is -2.35. The average molecular weight is 269 g/mol. The van der Waals surface area contributed by atoms with Gasteiger partial charge >= 0.3 is 0 Å². The van der Waals surface area contributed by atoms with Crippen molar-refractivity contribution in [3.05, 3.63) is 34.6 Å². The van der Waals surface area contributed by atoms with Crippen molar-refractivity contribution in [3.63, 3.8) is 0 Å². The van der Waals surface area contributed by atoms with Gasteiger partial charge in [-0.05, 0) is 26.0 Å². The Morgan fingerprint density at radius 1 is 1.61 bits per heavy atom. The number of hydrogen-bond acceptors (Lipinski definition) is 2. The second kappa shape index (κ2) is 6.36. The van der Waals surface area contributed by atoms with Crippen LogP contribution in [0.15, 0.2) is 18.2 Å². The number of nitrogens with zero attached hydrogens (tertiary/aromatic N) is 2. The second-order valence-electron chi connectivity index (χ2n) is 3.97. The molecule has 0 N–H and O–H groups in total. The topological polar surface area (TPSA) is 44.1 Å². The molecule has 18 heavy (non-hydrogen) atoms. The van der Waals surface area contributed by atoms with Gasteiger partial charge in [-0.3, -0.25) is 4.79 Å². The highest BCUT2D eigenvalue weighted by atomic mass is 35.5. The number of nitriles is 1. The summed E-state index contributed by atoms with van der Waals surface area (Å²) in [6.45, 7) is 4.14. The minimum absolute atomic E-state index is 0.0862. The lowest BCUT2D eigenvalue weighted by atomic mass is 10.1. The molecule has 1 rings (SSSR count). The molecule has 5 heteroatoms. The minimum Gasteiger partial charge on any atom is -0.337 e. The zero-order chi connectivity index (χ0) is 13.7. The summed E-state index contributed by atoms with van der Waals surface area (Å²) in [6, 6.07) is 6.16. The summed E-state index contributed by atoms with van der Waals surface area (Å²) in [5.41, 5.74) is -0.133. The van der Waals surface area contributed by atoms with Gasteiger partial charge in [0.2, 0.25) is 0 Å². The zero-order valence-corrected chi connectivity index (χ0v) is 11.0. The monoisotopic (exact) mass is 268 g/mol. The number of rotatable bonds is 4. The molecule has 0 bridgehead atoms. The van der Waals surface area contributed by atoms with Gasteiger partial charge in [0.25, 0.3) is 5.91 Å². The van der Waals surface area contributed by atoms with Crippen LogP contribution in [0.4, 0.5) is 4.39 Å². The van der Waals surface area contributed by atoms with Crippen LogP contribution in [0.1, 0.15) is 24.2 Å². The molecule has 0 saturated carbocycles. The number of amides is 1. The Labute approximate surface area is 111 Å². The average Bonchev–Trinajstić information content (AvgIpc) is 2.35. The molecule has 0 aliphatic rings. The van der Waals surface area contributed by atoms with E-state index in [1.807, 2.05) is 6.07 Å². The molecule has 0 saturated heterocycles. The fraction of sp³-hybridized carbons (Fsp3) is 0.385. The Kier molecular flexibility index (Phi) is 5.11. The quantitative estimate of drug-likeness (QED) is 0.842. The summed E-state index contributed by atoms with van der Waals surface area (Å²) in [4.78, 5) is 13.6. The Hall–Kier alpha value is -1.60. The Balaban J connectivity index is 3.01. The van der Waals surface area contributed by atoms with E-state index in [1.165, 1.54) is 23.1 Å². The lowest BCUT2D eigenvalue weighted by molar-refractivity contribution is 0.0748. The van der Waals surface area contributed by atoms with Crippen molar-refractivity contribution < 1.29 is 9.18 Å². The van der Waals surface area contributed by atoms with Crippen molar-refractivity contribution in [3.8, 4) is 6.07 Å². The summed E-state index contributed by atoms with van der Waals surface area (Å²) in [6.07, 6.45) is 0. The van der Waals surface area contributed by atoms with Crippen molar-refractivity contribution in [2.24, 2.45) is 5.92 Å². The molecular weight excluding hydrogens is 255 g/mol. The normalized spacial score (nSPS) is 11.7. The zero-order valence-electron chi connectivity index (χ0n) is 10.3. The maximum atomic E-state index is 13.6. The number of benzene rings is 1. The molecule has 1 atom stereocenters. The Bertz CT molecular complexity index is 464. The lowest BCUT2D eigenvalue weighted by Gasteiger charge is -2.22. The highest BCUT2D eigenvalue weighted by molar-refractivity contribution is 6.33. The van der Waals surface area contributed by atoms with Crippen LogP contribution in [-0.4, -0.2) is 23.9 Å². The molecule has 0 spiro atoms. The summed E-state index contributed by atoms with van der Waals surface area (Å²) >= 11 is 5.84. The van der Waals surface area contributed by atoms with E-state index in [9.17, 15) is 9.18 Å². The van der Waals surface area contributed by atoms with E-state index in [1.54, 1.807) is 13.8 Å². The molecular formula is C13H14ClFN2O. The van der Waals surface area contributed by atoms with E-state index in [0.717, 1.165) is 0 Å². The molecule has 0 aliphatic heterocycles. The van der Waals surface area contributed by atoms with Crippen molar-refractivity contribution >= 4 is 17.5 Å². The third-order valence-corrected chi connectivity index (χ3v) is 2.88. The molecule has 0 radical (unpaired) electrons. The van der Waals surface area contributed by atoms with Crippen molar-refractivity contribution in [1.29, 1.82) is 5.26 Å². The first-order valence-corrected chi connectivity index (χ1v) is 6.02. The number of carbonyl (C=O) groups is 1. The van der Waals surface area contributed by atoms with Crippen molar-refractivity contribution in [2.75, 3.05) is 13.1 Å². The van der Waals surface area contributed by atoms with Crippen LogP contribution < -0.4 is 0 Å². The molecule has 1 aromatic carbocycles. The number of carbonyl (C=O) groups excluding carboxylic acids is 1. The predicted molar refractivity (Wildman–Crippen MR) is 67.8 cm³/mol. The Morgan fingerprint density at radius 2 is 2.28 bits per heavy atom. The van der Waals surface area contributed by atoms with E-state index in [4.69, 9.17) is 16.9 Å². The molecule has 0 aromatic heterocycles. The molecule has 0 heterocycles. The molecule has 1 unspecified atom stereocenters. The SMILES string of the molecule is CCN(CC(C)C#N)C(=O)c1c(F)cccc1Cl. The second-order valence-corrected chi connectivity index (χ2v) is 4.38. The van der Waals surface area contributed by atoms with E-state index < -0.39 is 11.7 Å². The Morgan fingerprint density at radius 3 is 2.78 bits per heavy atom. The first kappa shape index (κ1) is 14.5. The molecule has 96 valence electrons. The molecule has 0 fully saturated rings. The van der Waals surface area contributed by atoms with Crippen LogP contribution in [-0.2, 0) is 0 Å². The van der Waals surface area contributed by atoms with Crippen LogP contribution in [0, 0.1) is 23.1 Å². The van der Waals surface area contributed by atoms with Gasteiger partial charge in [0.15, 0.2) is 0 Å². The van der Waals surface area contributed by atoms with Crippen LogP contribution in [0.5, 0.6) is 0 Å². The minimum atomic E-state index is -0.643. The summed E-state index contributed by atoms with van der Waals surface area (Å²) in [5, 5.41) is 8.84. The highest BCUT2D eigenvalue weighted by Gasteiger charge is 2.22. The maximum absolute atomic E-state index is 13.6. The summed E-state index contributed by atoms with van der Waals surface area (Å²) in [5.74, 6) is -1.43. The third-order valence-electron chi connectivity index (χ3n) is 2.56. The van der Waals surface area contributed by atoms with E-state index >= 15 is 0 Å². The van der Waals surface area contributed by atoms with Crippen molar-refractivity contribution in [2.45, 2.75) is 13.8 Å². The van der Waals surface area contributed by atoms with Gasteiger partial charge < -0.3 is 4.90 Å². The van der Waals surface area contributed by atoms with E-state index in [0.29, 0.717) is 6.54 Å². The van der Waals surface area contributed by atoms with Gasteiger partial charge in [-0.2, -0.15) is 5.26 Å². The maximum Gasteiger partial charge on any atom is 0.258 e. The standard InChI is InChI=1S/C13H14ClFN2O/c1-3-17(8-9(2)7-16)13(18)12-10(14)5-4-6-11(12)15/h4-6,9H,3,8H2,1-2H3. The molecule has 0 aliphatic carbocycles. The smallest absolute Gasteiger partial charge is 0.258 e. The van der Waals surface area contributed by atoms with Crippen LogP contribution in [0.3, 0.4) is 0 Å². The molecule has 1 aromatic rings. The van der Waals surface area contributed by atoms with E-state index in [2.05, 4.69) is 0 Å². The van der Waals surface area contributed by atoms with Crippen LogP contribution >= 0.6 is 11.6 Å². The highest BCUT2D eigenvalue weighted by Crippen LogP contribution is 2.21. The number of hydrogen-bond donors (Lipinski definition) is 0. The van der Waals surface area contributed by atoms with Gasteiger partial charge in [-0.1, -0.05) is 17.7 Å². The van der Waals surface area contributed by atoms with Crippen LogP contribution in [0.25, 0.3) is 0 Å². The van der Waals surface area contributed by atoms with Gasteiger partial charge in [-0.15, -0.1) is 0 Å². The van der Waals surface area contributed by atoms with Gasteiger partial charge in [0.1, 0.15) is 5.82 Å². The largest absolute Gasteiger partial charge is 0.337 e. The first-order valence-electron chi connectivity index (χ1n) is 5.64. The van der Waals surface area contributed by atoms with Crippen LogP contribution in [0.2, 0.25) is 5.02 Å². The van der Waals surface area contributed by atoms with Crippen molar-refractivity contribution in [1.82, 2.24) is 4.90 Å². The first-order chi connectivity index (χ1) is 8.51. The number of halogens is 2. The fourth-order valence-corrected chi connectivity index (χ4v) is 1.83.